The summed E-state index contributed by atoms with van der Waals surface area (Å²) < 4.78 is 33.8. The van der Waals surface area contributed by atoms with Gasteiger partial charge in [-0.15, -0.1) is 0 Å². The molecule has 0 aliphatic carbocycles. The summed E-state index contributed by atoms with van der Waals surface area (Å²) in [4.78, 5) is 25.9. The normalized spacial score (nSPS) is 11.3. The van der Waals surface area contributed by atoms with Crippen LogP contribution < -0.4 is 14.8 Å². The number of hydrogen-bond donors (Lipinski definition) is 2. The van der Waals surface area contributed by atoms with Crippen LogP contribution in [0.25, 0.3) is 22.2 Å². The Labute approximate surface area is 237 Å². The Morgan fingerprint density at radius 3 is 2.41 bits per heavy atom. The maximum absolute atomic E-state index is 13.4. The Hall–Kier alpha value is -4.06. The van der Waals surface area contributed by atoms with Gasteiger partial charge in [-0.1, -0.05) is 39.7 Å². The summed E-state index contributed by atoms with van der Waals surface area (Å²) in [5.74, 6) is -0.0976. The lowest BCUT2D eigenvalue weighted by Crippen LogP contribution is -2.15. The highest BCUT2D eigenvalue weighted by Crippen LogP contribution is 2.29. The van der Waals surface area contributed by atoms with Crippen molar-refractivity contribution >= 4 is 65.9 Å². The molecule has 0 atom stereocenters. The van der Waals surface area contributed by atoms with Crippen molar-refractivity contribution in [2.24, 2.45) is 0 Å². The second-order valence-electron chi connectivity index (χ2n) is 8.25. The van der Waals surface area contributed by atoms with Crippen molar-refractivity contribution in [3.8, 4) is 17.1 Å². The van der Waals surface area contributed by atoms with E-state index in [1.807, 2.05) is 30.3 Å². The van der Waals surface area contributed by atoms with Crippen molar-refractivity contribution < 1.29 is 17.9 Å². The van der Waals surface area contributed by atoms with Crippen molar-refractivity contribution in [3.05, 3.63) is 100 Å². The number of ether oxygens (including phenoxy) is 1. The molecule has 12 heteroatoms. The molecule has 0 unspecified atom stereocenters. The number of nitrogens with one attached hydrogen (secondary N) is 2. The molecule has 0 aliphatic rings. The summed E-state index contributed by atoms with van der Waals surface area (Å²) in [5.41, 5.74) is 2.88. The second kappa shape index (κ2) is 11.0. The number of benzene rings is 3. The fourth-order valence-electron chi connectivity index (χ4n) is 3.77. The zero-order valence-corrected chi connectivity index (χ0v) is 23.4. The van der Waals surface area contributed by atoms with E-state index in [1.165, 1.54) is 43.8 Å². The number of pyridine rings is 1. The average molecular weight is 625 g/mol. The number of carbonyl (C=O) groups excluding carboxylic acids is 1. The Morgan fingerprint density at radius 2 is 1.69 bits per heavy atom. The molecule has 196 valence electrons. The monoisotopic (exact) mass is 623 g/mol. The first-order valence-electron chi connectivity index (χ1n) is 11.4. The van der Waals surface area contributed by atoms with Crippen LogP contribution in [0.3, 0.4) is 0 Å². The lowest BCUT2D eigenvalue weighted by Gasteiger charge is -2.12. The van der Waals surface area contributed by atoms with Crippen LogP contribution >= 0.6 is 27.5 Å². The highest BCUT2D eigenvalue weighted by atomic mass is 79.9. The van der Waals surface area contributed by atoms with Crippen LogP contribution in [0.1, 0.15) is 10.4 Å². The lowest BCUT2D eigenvalue weighted by atomic mass is 10.0. The van der Waals surface area contributed by atoms with Gasteiger partial charge in [-0.3, -0.25) is 9.52 Å². The predicted molar refractivity (Wildman–Crippen MR) is 154 cm³/mol. The summed E-state index contributed by atoms with van der Waals surface area (Å²) in [6, 6.07) is 21.6. The predicted octanol–water partition coefficient (Wildman–Crippen LogP) is 6.17. The number of methoxy groups -OCH3 is 1. The van der Waals surface area contributed by atoms with Gasteiger partial charge in [0.2, 0.25) is 5.88 Å². The minimum absolute atomic E-state index is 0.0126. The number of rotatable bonds is 7. The van der Waals surface area contributed by atoms with E-state index in [1.54, 1.807) is 18.2 Å². The Balaban J connectivity index is 1.42. The molecule has 5 rings (SSSR count). The van der Waals surface area contributed by atoms with E-state index in [2.05, 4.69) is 35.9 Å². The van der Waals surface area contributed by atoms with Gasteiger partial charge in [0.15, 0.2) is 0 Å². The molecule has 3 aromatic carbocycles. The Kier molecular flexibility index (Phi) is 7.47. The summed E-state index contributed by atoms with van der Waals surface area (Å²) in [5, 5.41) is 4.10. The molecule has 9 nitrogen and oxygen atoms in total. The van der Waals surface area contributed by atoms with Crippen molar-refractivity contribution in [2.45, 2.75) is 4.90 Å². The number of fused-ring (bicyclic) bond motifs is 1. The van der Waals surface area contributed by atoms with Crippen LogP contribution in [0, 0.1) is 0 Å². The van der Waals surface area contributed by atoms with Crippen LogP contribution in [0.2, 0.25) is 5.02 Å². The van der Waals surface area contributed by atoms with E-state index >= 15 is 0 Å². The SMILES string of the molecule is COc1cc(NS(=O)(=O)c2ccc(NC(=O)c3cc(-c4ccc(Cl)cc4)nc4ccc(Br)cc34)cc2)ncn1. The molecule has 0 saturated carbocycles. The van der Waals surface area contributed by atoms with E-state index in [9.17, 15) is 13.2 Å². The van der Waals surface area contributed by atoms with Crippen molar-refractivity contribution in [1.82, 2.24) is 15.0 Å². The quantitative estimate of drug-likeness (QED) is 0.222. The van der Waals surface area contributed by atoms with Crippen LogP contribution in [0.4, 0.5) is 11.5 Å². The molecule has 1 amide bonds. The standard InChI is InChI=1S/C27H19BrClN5O4S/c1-38-26-14-25(30-15-31-26)34-39(36,37)20-9-7-19(8-10-20)32-27(35)22-13-24(16-2-5-18(29)6-3-16)33-23-11-4-17(28)12-21(22)23/h2-15H,1H3,(H,32,35)(H,30,31,34). The second-order valence-corrected chi connectivity index (χ2v) is 11.3. The highest BCUT2D eigenvalue weighted by Gasteiger charge is 2.18. The van der Waals surface area contributed by atoms with E-state index < -0.39 is 10.0 Å². The zero-order chi connectivity index (χ0) is 27.6. The number of aromatic nitrogens is 3. The van der Waals surface area contributed by atoms with Crippen molar-refractivity contribution in [2.75, 3.05) is 17.1 Å². The third kappa shape index (κ3) is 6.00. The van der Waals surface area contributed by atoms with E-state index in [0.29, 0.717) is 32.9 Å². The lowest BCUT2D eigenvalue weighted by molar-refractivity contribution is 0.102. The summed E-state index contributed by atoms with van der Waals surface area (Å²) >= 11 is 9.49. The molecule has 0 aliphatic heterocycles. The maximum Gasteiger partial charge on any atom is 0.263 e. The number of anilines is 2. The first-order chi connectivity index (χ1) is 18.7. The molecule has 5 aromatic rings. The number of sulfonamides is 1. The molecule has 0 bridgehead atoms. The number of amides is 1. The van der Waals surface area contributed by atoms with Gasteiger partial charge in [0.05, 0.1) is 28.8 Å². The van der Waals surface area contributed by atoms with E-state index in [-0.39, 0.29) is 22.5 Å². The molecule has 0 radical (unpaired) electrons. The number of hydrogen-bond acceptors (Lipinski definition) is 7. The van der Waals surface area contributed by atoms with Gasteiger partial charge in [-0.05, 0) is 60.7 Å². The molecule has 0 fully saturated rings. The number of halogens is 2. The minimum atomic E-state index is -3.94. The molecule has 0 spiro atoms. The first kappa shape index (κ1) is 26.5. The van der Waals surface area contributed by atoms with Gasteiger partial charge in [-0.2, -0.15) is 0 Å². The summed E-state index contributed by atoms with van der Waals surface area (Å²) in [7, 11) is -2.52. The van der Waals surface area contributed by atoms with Gasteiger partial charge in [0.25, 0.3) is 15.9 Å². The van der Waals surface area contributed by atoms with Crippen LogP contribution in [-0.2, 0) is 10.0 Å². The smallest absolute Gasteiger partial charge is 0.263 e. The van der Waals surface area contributed by atoms with Crippen LogP contribution in [0.5, 0.6) is 5.88 Å². The van der Waals surface area contributed by atoms with Crippen LogP contribution in [-0.4, -0.2) is 36.4 Å². The minimum Gasteiger partial charge on any atom is -0.481 e. The summed E-state index contributed by atoms with van der Waals surface area (Å²) in [6.45, 7) is 0. The maximum atomic E-state index is 13.4. The van der Waals surface area contributed by atoms with E-state index in [0.717, 1.165) is 10.0 Å². The third-order valence-electron chi connectivity index (χ3n) is 5.67. The molecular formula is C27H19BrClN5O4S. The van der Waals surface area contributed by atoms with Gasteiger partial charge in [0.1, 0.15) is 12.1 Å². The van der Waals surface area contributed by atoms with Crippen LogP contribution in [0.15, 0.2) is 94.6 Å². The van der Waals surface area contributed by atoms with Gasteiger partial charge < -0.3 is 10.1 Å². The highest BCUT2D eigenvalue weighted by molar-refractivity contribution is 9.10. The molecule has 2 heterocycles. The fourth-order valence-corrected chi connectivity index (χ4v) is 5.26. The Bertz CT molecular complexity index is 1800. The van der Waals surface area contributed by atoms with Crippen molar-refractivity contribution in [1.29, 1.82) is 0 Å². The van der Waals surface area contributed by atoms with Gasteiger partial charge in [0, 0.05) is 32.2 Å². The Morgan fingerprint density at radius 1 is 0.949 bits per heavy atom. The van der Waals surface area contributed by atoms with Gasteiger partial charge in [-0.25, -0.2) is 23.4 Å². The molecule has 2 aromatic heterocycles. The average Bonchev–Trinajstić information content (AvgIpc) is 2.93. The number of nitrogens with zero attached hydrogens (tertiary/aromatic N) is 3. The molecule has 39 heavy (non-hydrogen) atoms. The first-order valence-corrected chi connectivity index (χ1v) is 14.0. The number of carbonyl (C=O) groups is 1. The van der Waals surface area contributed by atoms with Crippen molar-refractivity contribution in [3.63, 3.8) is 0 Å². The van der Waals surface area contributed by atoms with E-state index in [4.69, 9.17) is 21.3 Å². The fraction of sp³-hybridized carbons (Fsp3) is 0.0370. The molecule has 2 N–H and O–H groups in total. The molecular weight excluding hydrogens is 606 g/mol. The molecule has 0 saturated heterocycles. The zero-order valence-electron chi connectivity index (χ0n) is 20.2. The largest absolute Gasteiger partial charge is 0.481 e. The summed E-state index contributed by atoms with van der Waals surface area (Å²) in [6.07, 6.45) is 1.19. The third-order valence-corrected chi connectivity index (χ3v) is 7.78. The van der Waals surface area contributed by atoms with Gasteiger partial charge >= 0.3 is 0 Å². The topological polar surface area (TPSA) is 123 Å².